The van der Waals surface area contributed by atoms with E-state index in [9.17, 15) is 0 Å². The average molecular weight is 264 g/mol. The van der Waals surface area contributed by atoms with E-state index in [-0.39, 0.29) is 0 Å². The maximum Gasteiger partial charge on any atom is 0.109 e. The highest BCUT2D eigenvalue weighted by Crippen LogP contribution is 2.16. The molecule has 2 rings (SSSR count). The summed E-state index contributed by atoms with van der Waals surface area (Å²) in [5, 5.41) is 3.60. The van der Waals surface area contributed by atoms with Gasteiger partial charge in [-0.2, -0.15) is 0 Å². The molecule has 0 bridgehead atoms. The highest BCUT2D eigenvalue weighted by molar-refractivity contribution is 4.93. The van der Waals surface area contributed by atoms with E-state index in [0.717, 1.165) is 38.0 Å². The second kappa shape index (κ2) is 7.06. The monoisotopic (exact) mass is 264 g/mol. The van der Waals surface area contributed by atoms with Crippen LogP contribution >= 0.6 is 0 Å². The van der Waals surface area contributed by atoms with Gasteiger partial charge in [0.05, 0.1) is 0 Å². The fourth-order valence-corrected chi connectivity index (χ4v) is 2.84. The molecular weight excluding hydrogens is 236 g/mol. The predicted octanol–water partition coefficient (Wildman–Crippen LogP) is 1.67. The molecule has 2 heterocycles. The first-order valence-electron chi connectivity index (χ1n) is 7.57. The highest BCUT2D eigenvalue weighted by Gasteiger charge is 2.23. The number of rotatable bonds is 7. The Morgan fingerprint density at radius 2 is 2.32 bits per heavy atom. The van der Waals surface area contributed by atoms with E-state index >= 15 is 0 Å². The Hall–Kier alpha value is -0.870. The van der Waals surface area contributed by atoms with Gasteiger partial charge in [0.2, 0.25) is 0 Å². The van der Waals surface area contributed by atoms with Gasteiger partial charge in [-0.25, -0.2) is 4.98 Å². The summed E-state index contributed by atoms with van der Waals surface area (Å²) in [6, 6.07) is 0.721. The molecule has 0 aliphatic carbocycles. The van der Waals surface area contributed by atoms with Crippen molar-refractivity contribution in [1.82, 2.24) is 19.8 Å². The average Bonchev–Trinajstić information content (AvgIpc) is 2.95. The van der Waals surface area contributed by atoms with E-state index < -0.39 is 0 Å². The van der Waals surface area contributed by atoms with Crippen LogP contribution in [0, 0.1) is 5.92 Å². The third-order valence-electron chi connectivity index (χ3n) is 3.98. The molecular formula is C15H28N4. The largest absolute Gasteiger partial charge is 0.338 e. The van der Waals surface area contributed by atoms with E-state index in [1.807, 2.05) is 12.4 Å². The fraction of sp³-hybridized carbons (Fsp3) is 0.800. The molecule has 4 nitrogen and oxygen atoms in total. The highest BCUT2D eigenvalue weighted by atomic mass is 15.2. The number of hydrogen-bond donors (Lipinski definition) is 1. The zero-order valence-corrected chi connectivity index (χ0v) is 12.6. The summed E-state index contributed by atoms with van der Waals surface area (Å²) in [5.41, 5.74) is 0. The maximum absolute atomic E-state index is 4.41. The number of likely N-dealkylation sites (tertiary alicyclic amines) is 1. The van der Waals surface area contributed by atoms with Gasteiger partial charge in [-0.1, -0.05) is 13.8 Å². The van der Waals surface area contributed by atoms with Crippen molar-refractivity contribution in [3.8, 4) is 0 Å². The third-order valence-corrected chi connectivity index (χ3v) is 3.98. The predicted molar refractivity (Wildman–Crippen MR) is 79.2 cm³/mol. The molecule has 108 valence electrons. The van der Waals surface area contributed by atoms with Gasteiger partial charge in [0.15, 0.2) is 0 Å². The SMILES string of the molecule is CC(C)CNCC1CCCN1CCc1nccn1C. The van der Waals surface area contributed by atoms with Gasteiger partial charge >= 0.3 is 0 Å². The summed E-state index contributed by atoms with van der Waals surface area (Å²) in [4.78, 5) is 7.03. The van der Waals surface area contributed by atoms with Crippen molar-refractivity contribution < 1.29 is 0 Å². The molecule has 0 saturated carbocycles. The molecule has 1 N–H and O–H groups in total. The third kappa shape index (κ3) is 4.32. The van der Waals surface area contributed by atoms with Gasteiger partial charge in [-0.15, -0.1) is 0 Å². The van der Waals surface area contributed by atoms with Crippen molar-refractivity contribution in [2.75, 3.05) is 26.2 Å². The van der Waals surface area contributed by atoms with Gasteiger partial charge < -0.3 is 9.88 Å². The minimum absolute atomic E-state index is 0.721. The van der Waals surface area contributed by atoms with E-state index in [1.165, 1.54) is 25.2 Å². The molecule has 0 amide bonds. The summed E-state index contributed by atoms with van der Waals surface area (Å²) in [6.45, 7) is 9.18. The lowest BCUT2D eigenvalue weighted by atomic mass is 10.2. The number of hydrogen-bond acceptors (Lipinski definition) is 3. The zero-order chi connectivity index (χ0) is 13.7. The lowest BCUT2D eigenvalue weighted by Crippen LogP contribution is -2.40. The Morgan fingerprint density at radius 1 is 1.47 bits per heavy atom. The van der Waals surface area contributed by atoms with Crippen molar-refractivity contribution in [3.05, 3.63) is 18.2 Å². The van der Waals surface area contributed by atoms with E-state index in [4.69, 9.17) is 0 Å². The molecule has 1 aliphatic rings. The Kier molecular flexibility index (Phi) is 5.40. The Balaban J connectivity index is 1.74. The topological polar surface area (TPSA) is 33.1 Å². The van der Waals surface area contributed by atoms with Gasteiger partial charge in [0, 0.05) is 45.0 Å². The van der Waals surface area contributed by atoms with Gasteiger partial charge in [-0.3, -0.25) is 4.90 Å². The first kappa shape index (κ1) is 14.5. The summed E-state index contributed by atoms with van der Waals surface area (Å²) in [7, 11) is 2.08. The van der Waals surface area contributed by atoms with Crippen molar-refractivity contribution in [1.29, 1.82) is 0 Å². The molecule has 4 heteroatoms. The van der Waals surface area contributed by atoms with Crippen molar-refractivity contribution in [2.24, 2.45) is 13.0 Å². The maximum atomic E-state index is 4.41. The van der Waals surface area contributed by atoms with Gasteiger partial charge in [0.1, 0.15) is 5.82 Å². The van der Waals surface area contributed by atoms with Crippen LogP contribution in [-0.2, 0) is 13.5 Å². The molecule has 1 aromatic heterocycles. The first-order valence-corrected chi connectivity index (χ1v) is 7.57. The van der Waals surface area contributed by atoms with Crippen LogP contribution < -0.4 is 5.32 Å². The summed E-state index contributed by atoms with van der Waals surface area (Å²) in [6.07, 6.45) is 7.66. The molecule has 1 saturated heterocycles. The number of aryl methyl sites for hydroxylation is 1. The van der Waals surface area contributed by atoms with Crippen LogP contribution in [0.2, 0.25) is 0 Å². The van der Waals surface area contributed by atoms with Crippen LogP contribution in [0.1, 0.15) is 32.5 Å². The van der Waals surface area contributed by atoms with Crippen LogP contribution in [0.25, 0.3) is 0 Å². The quantitative estimate of drug-likeness (QED) is 0.813. The standard InChI is InChI=1S/C15H28N4/c1-13(2)11-16-12-14-5-4-8-19(14)9-6-15-17-7-10-18(15)3/h7,10,13-14,16H,4-6,8-9,11-12H2,1-3H3. The van der Waals surface area contributed by atoms with E-state index in [0.29, 0.717) is 0 Å². The molecule has 0 radical (unpaired) electrons. The molecule has 19 heavy (non-hydrogen) atoms. The first-order chi connectivity index (χ1) is 9.16. The lowest BCUT2D eigenvalue weighted by Gasteiger charge is -2.25. The van der Waals surface area contributed by atoms with E-state index in [2.05, 4.69) is 40.7 Å². The normalized spacial score (nSPS) is 20.5. The fourth-order valence-electron chi connectivity index (χ4n) is 2.84. The molecule has 0 spiro atoms. The van der Waals surface area contributed by atoms with Crippen molar-refractivity contribution in [2.45, 2.75) is 39.2 Å². The van der Waals surface area contributed by atoms with Crippen LogP contribution in [0.5, 0.6) is 0 Å². The second-order valence-corrected chi connectivity index (χ2v) is 6.09. The molecule has 1 aliphatic heterocycles. The van der Waals surface area contributed by atoms with Crippen molar-refractivity contribution >= 4 is 0 Å². The van der Waals surface area contributed by atoms with Gasteiger partial charge in [0.25, 0.3) is 0 Å². The number of nitrogens with zero attached hydrogens (tertiary/aromatic N) is 3. The van der Waals surface area contributed by atoms with Crippen LogP contribution in [0.15, 0.2) is 12.4 Å². The smallest absolute Gasteiger partial charge is 0.109 e. The molecule has 1 aromatic rings. The van der Waals surface area contributed by atoms with Crippen LogP contribution in [0.3, 0.4) is 0 Å². The Bertz CT molecular complexity index is 372. The lowest BCUT2D eigenvalue weighted by molar-refractivity contribution is 0.246. The second-order valence-electron chi connectivity index (χ2n) is 6.09. The van der Waals surface area contributed by atoms with Crippen molar-refractivity contribution in [3.63, 3.8) is 0 Å². The molecule has 1 unspecified atom stereocenters. The Labute approximate surface area is 117 Å². The van der Waals surface area contributed by atoms with Gasteiger partial charge in [-0.05, 0) is 31.8 Å². The zero-order valence-electron chi connectivity index (χ0n) is 12.6. The van der Waals surface area contributed by atoms with Crippen LogP contribution in [0.4, 0.5) is 0 Å². The molecule has 0 aromatic carbocycles. The summed E-state index contributed by atoms with van der Waals surface area (Å²) in [5.74, 6) is 1.93. The molecule has 1 fully saturated rings. The summed E-state index contributed by atoms with van der Waals surface area (Å²) >= 11 is 0. The minimum atomic E-state index is 0.721. The minimum Gasteiger partial charge on any atom is -0.338 e. The van der Waals surface area contributed by atoms with E-state index in [1.54, 1.807) is 0 Å². The number of imidazole rings is 1. The number of nitrogens with one attached hydrogen (secondary N) is 1. The number of aromatic nitrogens is 2. The summed E-state index contributed by atoms with van der Waals surface area (Å²) < 4.78 is 2.13. The van der Waals surface area contributed by atoms with Crippen LogP contribution in [-0.4, -0.2) is 46.7 Å². The Morgan fingerprint density at radius 3 is 3.00 bits per heavy atom. The molecule has 1 atom stereocenters.